The highest BCUT2D eigenvalue weighted by molar-refractivity contribution is 14.1. The van der Waals surface area contributed by atoms with E-state index in [0.717, 1.165) is 24.6 Å². The monoisotopic (exact) mass is 709 g/mol. The van der Waals surface area contributed by atoms with Crippen molar-refractivity contribution in [1.82, 2.24) is 10.2 Å². The number of anilines is 1. The van der Waals surface area contributed by atoms with E-state index in [2.05, 4.69) is 27.9 Å². The Labute approximate surface area is 268 Å². The summed E-state index contributed by atoms with van der Waals surface area (Å²) in [6.07, 6.45) is 0.270. The summed E-state index contributed by atoms with van der Waals surface area (Å²) >= 11 is 2.15. The Morgan fingerprint density at radius 1 is 0.791 bits per heavy atom. The van der Waals surface area contributed by atoms with Gasteiger partial charge in [-0.1, -0.05) is 78.4 Å². The highest BCUT2D eigenvalue weighted by Gasteiger charge is 2.34. The van der Waals surface area contributed by atoms with Crippen molar-refractivity contribution in [1.29, 1.82) is 0 Å². The van der Waals surface area contributed by atoms with Gasteiger partial charge >= 0.3 is 0 Å². The fourth-order valence-electron chi connectivity index (χ4n) is 4.68. The maximum absolute atomic E-state index is 14.4. The summed E-state index contributed by atoms with van der Waals surface area (Å²) in [6.45, 7) is 5.37. The zero-order valence-electron chi connectivity index (χ0n) is 24.5. The standard InChI is InChI=1S/C34H36IN3O4S/c1-25(2)36-34(40)32(22-27-10-6-4-7-11-27)37(23-28-16-14-26(3)15-17-28)33(39)24-38(30-20-18-29(35)19-21-30)43(41,42)31-12-8-5-9-13-31/h4-21,25,32H,22-24H2,1-3H3,(H,36,40)/t32-/m1/s1. The first-order valence-corrected chi connectivity index (χ1v) is 16.6. The molecule has 0 aromatic heterocycles. The number of hydrogen-bond acceptors (Lipinski definition) is 4. The number of carbonyl (C=O) groups is 2. The van der Waals surface area contributed by atoms with Crippen LogP contribution in [0.15, 0.2) is 114 Å². The van der Waals surface area contributed by atoms with Crippen molar-refractivity contribution in [3.05, 3.63) is 129 Å². The van der Waals surface area contributed by atoms with Crippen molar-refractivity contribution < 1.29 is 18.0 Å². The first kappa shape index (κ1) is 32.2. The van der Waals surface area contributed by atoms with Gasteiger partial charge in [0.2, 0.25) is 11.8 Å². The number of aryl methyl sites for hydroxylation is 1. The van der Waals surface area contributed by atoms with E-state index in [1.807, 2.05) is 75.4 Å². The van der Waals surface area contributed by atoms with Crippen molar-refractivity contribution in [3.8, 4) is 0 Å². The molecule has 4 aromatic rings. The number of amides is 2. The van der Waals surface area contributed by atoms with Crippen LogP contribution in [-0.4, -0.2) is 43.8 Å². The highest BCUT2D eigenvalue weighted by atomic mass is 127. The maximum atomic E-state index is 14.4. The van der Waals surface area contributed by atoms with Crippen molar-refractivity contribution in [2.24, 2.45) is 0 Å². The molecule has 0 aliphatic heterocycles. The second-order valence-electron chi connectivity index (χ2n) is 10.7. The molecule has 2 amide bonds. The fourth-order valence-corrected chi connectivity index (χ4v) is 6.48. The molecule has 4 aromatic carbocycles. The number of hydrogen-bond donors (Lipinski definition) is 1. The third-order valence-electron chi connectivity index (χ3n) is 6.90. The molecule has 0 aliphatic carbocycles. The molecule has 0 spiro atoms. The average Bonchev–Trinajstić information content (AvgIpc) is 2.99. The molecule has 0 unspecified atom stereocenters. The van der Waals surface area contributed by atoms with Gasteiger partial charge in [0.15, 0.2) is 0 Å². The van der Waals surface area contributed by atoms with Gasteiger partial charge in [0.25, 0.3) is 10.0 Å². The second kappa shape index (κ2) is 14.7. The second-order valence-corrected chi connectivity index (χ2v) is 13.8. The molecule has 9 heteroatoms. The molecule has 0 heterocycles. The third-order valence-corrected chi connectivity index (χ3v) is 9.41. The van der Waals surface area contributed by atoms with E-state index in [0.29, 0.717) is 5.69 Å². The van der Waals surface area contributed by atoms with Gasteiger partial charge in [-0.25, -0.2) is 8.42 Å². The third kappa shape index (κ3) is 8.67. The minimum atomic E-state index is -4.12. The van der Waals surface area contributed by atoms with E-state index >= 15 is 0 Å². The zero-order valence-corrected chi connectivity index (χ0v) is 27.5. The number of halogens is 1. The quantitative estimate of drug-likeness (QED) is 0.184. The van der Waals surface area contributed by atoms with Crippen LogP contribution in [-0.2, 0) is 32.6 Å². The lowest BCUT2D eigenvalue weighted by molar-refractivity contribution is -0.140. The first-order valence-electron chi connectivity index (χ1n) is 14.1. The molecule has 1 N–H and O–H groups in total. The molecule has 0 radical (unpaired) electrons. The van der Waals surface area contributed by atoms with Crippen molar-refractivity contribution in [3.63, 3.8) is 0 Å². The maximum Gasteiger partial charge on any atom is 0.264 e. The lowest BCUT2D eigenvalue weighted by Crippen LogP contribution is -2.54. The van der Waals surface area contributed by atoms with Gasteiger partial charge in [-0.05, 0) is 90.9 Å². The van der Waals surface area contributed by atoms with Gasteiger partial charge in [0, 0.05) is 22.6 Å². The van der Waals surface area contributed by atoms with Crippen LogP contribution < -0.4 is 9.62 Å². The summed E-state index contributed by atoms with van der Waals surface area (Å²) in [5.74, 6) is -0.787. The molecule has 1 atom stereocenters. The molecule has 0 saturated carbocycles. The summed E-state index contributed by atoms with van der Waals surface area (Å²) < 4.78 is 30.0. The number of carbonyl (C=O) groups excluding carboxylic acids is 2. The number of sulfonamides is 1. The SMILES string of the molecule is Cc1ccc(CN(C(=O)CN(c2ccc(I)cc2)S(=O)(=O)c2ccccc2)[C@H](Cc2ccccc2)C(=O)NC(C)C)cc1. The predicted octanol–water partition coefficient (Wildman–Crippen LogP) is 5.96. The lowest BCUT2D eigenvalue weighted by Gasteiger charge is -2.34. The number of nitrogens with one attached hydrogen (secondary N) is 1. The summed E-state index contributed by atoms with van der Waals surface area (Å²) in [5.41, 5.74) is 3.15. The smallest absolute Gasteiger partial charge is 0.264 e. The van der Waals surface area contributed by atoms with Crippen LogP contribution in [0.1, 0.15) is 30.5 Å². The van der Waals surface area contributed by atoms with Gasteiger partial charge < -0.3 is 10.2 Å². The van der Waals surface area contributed by atoms with Gasteiger partial charge in [0.1, 0.15) is 12.6 Å². The Morgan fingerprint density at radius 2 is 1.37 bits per heavy atom. The highest BCUT2D eigenvalue weighted by Crippen LogP contribution is 2.26. The molecule has 4 rings (SSSR count). The van der Waals surface area contributed by atoms with Crippen molar-refractivity contribution in [2.75, 3.05) is 10.8 Å². The van der Waals surface area contributed by atoms with Crippen LogP contribution in [0.3, 0.4) is 0 Å². The summed E-state index contributed by atoms with van der Waals surface area (Å²) in [4.78, 5) is 29.7. The number of nitrogens with zero attached hydrogens (tertiary/aromatic N) is 2. The van der Waals surface area contributed by atoms with E-state index in [1.165, 1.54) is 17.0 Å². The van der Waals surface area contributed by atoms with E-state index in [-0.39, 0.29) is 29.8 Å². The number of benzene rings is 4. The lowest BCUT2D eigenvalue weighted by atomic mass is 10.0. The molecular weight excluding hydrogens is 673 g/mol. The molecule has 0 fully saturated rings. The van der Waals surface area contributed by atoms with Crippen LogP contribution in [0.5, 0.6) is 0 Å². The fraction of sp³-hybridized carbons (Fsp3) is 0.235. The average molecular weight is 710 g/mol. The molecule has 43 heavy (non-hydrogen) atoms. The van der Waals surface area contributed by atoms with Crippen LogP contribution in [0, 0.1) is 10.5 Å². The van der Waals surface area contributed by atoms with Crippen molar-refractivity contribution >= 4 is 50.1 Å². The molecule has 0 saturated heterocycles. The Bertz CT molecular complexity index is 1610. The summed E-state index contributed by atoms with van der Waals surface area (Å²) in [6, 6.07) is 31.3. The van der Waals surface area contributed by atoms with Crippen molar-refractivity contribution in [2.45, 2.75) is 50.7 Å². The van der Waals surface area contributed by atoms with Crippen LogP contribution in [0.4, 0.5) is 5.69 Å². The molecule has 0 bridgehead atoms. The van der Waals surface area contributed by atoms with Gasteiger partial charge in [0.05, 0.1) is 10.6 Å². The molecule has 7 nitrogen and oxygen atoms in total. The Hall–Kier alpha value is -3.70. The predicted molar refractivity (Wildman–Crippen MR) is 179 cm³/mol. The minimum absolute atomic E-state index is 0.0739. The van der Waals surface area contributed by atoms with Gasteiger partial charge in [-0.2, -0.15) is 0 Å². The minimum Gasteiger partial charge on any atom is -0.352 e. The van der Waals surface area contributed by atoms with E-state index < -0.39 is 28.5 Å². The Morgan fingerprint density at radius 3 is 1.95 bits per heavy atom. The van der Waals surface area contributed by atoms with E-state index in [4.69, 9.17) is 0 Å². The molecule has 0 aliphatic rings. The van der Waals surface area contributed by atoms with E-state index in [9.17, 15) is 18.0 Å². The summed E-state index contributed by atoms with van der Waals surface area (Å²) in [7, 11) is -4.12. The Balaban J connectivity index is 1.79. The normalized spacial score (nSPS) is 12.0. The molecular formula is C34H36IN3O4S. The zero-order chi connectivity index (χ0) is 31.0. The van der Waals surface area contributed by atoms with E-state index in [1.54, 1.807) is 42.5 Å². The molecule has 224 valence electrons. The van der Waals surface area contributed by atoms with Gasteiger partial charge in [-0.15, -0.1) is 0 Å². The van der Waals surface area contributed by atoms with Crippen LogP contribution in [0.25, 0.3) is 0 Å². The largest absolute Gasteiger partial charge is 0.352 e. The topological polar surface area (TPSA) is 86.8 Å². The summed E-state index contributed by atoms with van der Waals surface area (Å²) in [5, 5.41) is 2.98. The number of rotatable bonds is 12. The van der Waals surface area contributed by atoms with Gasteiger partial charge in [-0.3, -0.25) is 13.9 Å². The Kier molecular flexibility index (Phi) is 11.0. The first-order chi connectivity index (χ1) is 20.5. The van der Waals surface area contributed by atoms with Crippen LogP contribution >= 0.6 is 22.6 Å². The van der Waals surface area contributed by atoms with Crippen LogP contribution in [0.2, 0.25) is 0 Å².